The Bertz CT molecular complexity index is 588. The number of aryl methyl sites for hydroxylation is 1. The van der Waals surface area contributed by atoms with Crippen LogP contribution >= 0.6 is 0 Å². The molecule has 1 N–H and O–H groups in total. The summed E-state index contributed by atoms with van der Waals surface area (Å²) in [4.78, 5) is 13.7. The number of hydrogen-bond donors (Lipinski definition) is 1. The summed E-state index contributed by atoms with van der Waals surface area (Å²) in [5.74, 6) is -0.178. The molecule has 21 heavy (non-hydrogen) atoms. The first kappa shape index (κ1) is 16.0. The Morgan fingerprint density at radius 3 is 2.62 bits per heavy atom. The minimum Gasteiger partial charge on any atom is -0.341 e. The lowest BCUT2D eigenvalue weighted by Gasteiger charge is -2.32. The van der Waals surface area contributed by atoms with Crippen LogP contribution in [0.25, 0.3) is 0 Å². The molecule has 1 amide bonds. The summed E-state index contributed by atoms with van der Waals surface area (Å²) in [5.41, 5.74) is 1.13. The van der Waals surface area contributed by atoms with Gasteiger partial charge in [0.25, 0.3) is 0 Å². The van der Waals surface area contributed by atoms with E-state index in [0.717, 1.165) is 18.4 Å². The molecule has 1 aliphatic rings. The lowest BCUT2D eigenvalue weighted by molar-refractivity contribution is -0.131. The molecule has 2 heterocycles. The fraction of sp³-hybridized carbons (Fsp3) is 0.692. The Hall–Kier alpha value is -1.41. The number of carbonyl (C=O) groups is 1. The van der Waals surface area contributed by atoms with Crippen molar-refractivity contribution in [3.05, 3.63) is 18.0 Å². The molecule has 0 bridgehead atoms. The van der Waals surface area contributed by atoms with E-state index in [2.05, 4.69) is 9.82 Å². The SMILES string of the molecule is CCS(=O)(=O)NCC(=O)N1CCC(n2cc(C)cn2)CC1. The van der Waals surface area contributed by atoms with Gasteiger partial charge in [0, 0.05) is 19.3 Å². The van der Waals surface area contributed by atoms with Crippen LogP contribution in [0, 0.1) is 6.92 Å². The number of piperidine rings is 1. The maximum absolute atomic E-state index is 12.0. The highest BCUT2D eigenvalue weighted by Crippen LogP contribution is 2.21. The zero-order valence-electron chi connectivity index (χ0n) is 12.4. The van der Waals surface area contributed by atoms with Crippen molar-refractivity contribution in [1.82, 2.24) is 19.4 Å². The molecule has 2 rings (SSSR count). The number of rotatable bonds is 5. The lowest BCUT2D eigenvalue weighted by atomic mass is 10.1. The maximum atomic E-state index is 12.0. The minimum absolute atomic E-state index is 0.0129. The molecule has 1 aromatic heterocycles. The van der Waals surface area contributed by atoms with E-state index in [9.17, 15) is 13.2 Å². The topological polar surface area (TPSA) is 84.3 Å². The van der Waals surface area contributed by atoms with E-state index in [1.54, 1.807) is 11.8 Å². The van der Waals surface area contributed by atoms with Crippen molar-refractivity contribution < 1.29 is 13.2 Å². The summed E-state index contributed by atoms with van der Waals surface area (Å²) in [6.07, 6.45) is 5.52. The fourth-order valence-electron chi connectivity index (χ4n) is 2.40. The number of nitrogens with zero attached hydrogens (tertiary/aromatic N) is 3. The van der Waals surface area contributed by atoms with Gasteiger partial charge in [-0.1, -0.05) is 0 Å². The monoisotopic (exact) mass is 314 g/mol. The van der Waals surface area contributed by atoms with Gasteiger partial charge in [-0.2, -0.15) is 5.10 Å². The fourth-order valence-corrected chi connectivity index (χ4v) is 2.95. The van der Waals surface area contributed by atoms with Crippen LogP contribution in [0.4, 0.5) is 0 Å². The van der Waals surface area contributed by atoms with E-state index in [0.29, 0.717) is 19.1 Å². The summed E-state index contributed by atoms with van der Waals surface area (Å²) >= 11 is 0. The van der Waals surface area contributed by atoms with Gasteiger partial charge in [0.05, 0.1) is 24.5 Å². The van der Waals surface area contributed by atoms with E-state index >= 15 is 0 Å². The number of sulfonamides is 1. The molecular formula is C13H22N4O3S. The summed E-state index contributed by atoms with van der Waals surface area (Å²) in [6.45, 7) is 4.67. The van der Waals surface area contributed by atoms with Gasteiger partial charge in [0.15, 0.2) is 0 Å². The first-order chi connectivity index (χ1) is 9.91. The molecule has 1 fully saturated rings. The molecule has 0 radical (unpaired) electrons. The van der Waals surface area contributed by atoms with E-state index in [-0.39, 0.29) is 18.2 Å². The Morgan fingerprint density at radius 1 is 1.43 bits per heavy atom. The van der Waals surface area contributed by atoms with Crippen molar-refractivity contribution in [2.75, 3.05) is 25.4 Å². The Balaban J connectivity index is 1.82. The third-order valence-corrected chi connectivity index (χ3v) is 5.09. The zero-order valence-corrected chi connectivity index (χ0v) is 13.3. The Labute approximate surface area is 125 Å². The average Bonchev–Trinajstić information content (AvgIpc) is 2.92. The minimum atomic E-state index is -3.32. The quantitative estimate of drug-likeness (QED) is 0.847. The molecule has 1 saturated heterocycles. The van der Waals surface area contributed by atoms with E-state index in [1.165, 1.54) is 0 Å². The number of amides is 1. The molecule has 0 aromatic carbocycles. The first-order valence-electron chi connectivity index (χ1n) is 7.17. The number of carbonyl (C=O) groups excluding carboxylic acids is 1. The standard InChI is InChI=1S/C13H22N4O3S/c1-3-21(19,20)15-9-13(18)16-6-4-12(5-7-16)17-10-11(2)8-14-17/h8,10,12,15H,3-7,9H2,1-2H3. The Morgan fingerprint density at radius 2 is 2.10 bits per heavy atom. The first-order valence-corrected chi connectivity index (χ1v) is 8.82. The van der Waals surface area contributed by atoms with Gasteiger partial charge >= 0.3 is 0 Å². The predicted octanol–water partition coefficient (Wildman–Crippen LogP) is 0.294. The summed E-state index contributed by atoms with van der Waals surface area (Å²) in [5, 5.41) is 4.31. The van der Waals surface area contributed by atoms with Crippen molar-refractivity contribution in [2.24, 2.45) is 0 Å². The highest BCUT2D eigenvalue weighted by atomic mass is 32.2. The molecule has 7 nitrogen and oxygen atoms in total. The molecule has 1 aliphatic heterocycles. The van der Waals surface area contributed by atoms with Gasteiger partial charge in [-0.15, -0.1) is 0 Å². The van der Waals surface area contributed by atoms with Crippen LogP contribution in [0.15, 0.2) is 12.4 Å². The van der Waals surface area contributed by atoms with Crippen molar-refractivity contribution in [2.45, 2.75) is 32.7 Å². The van der Waals surface area contributed by atoms with Crippen LogP contribution in [0.2, 0.25) is 0 Å². The number of hydrogen-bond acceptors (Lipinski definition) is 4. The largest absolute Gasteiger partial charge is 0.341 e. The normalized spacial score (nSPS) is 17.1. The zero-order chi connectivity index (χ0) is 15.5. The summed E-state index contributed by atoms with van der Waals surface area (Å²) in [7, 11) is -3.32. The van der Waals surface area contributed by atoms with Crippen LogP contribution in [-0.4, -0.2) is 54.4 Å². The molecule has 118 valence electrons. The van der Waals surface area contributed by atoms with Crippen molar-refractivity contribution in [1.29, 1.82) is 0 Å². The van der Waals surface area contributed by atoms with Gasteiger partial charge < -0.3 is 4.90 Å². The molecular weight excluding hydrogens is 292 g/mol. The van der Waals surface area contributed by atoms with Crippen molar-refractivity contribution in [3.8, 4) is 0 Å². The third kappa shape index (κ3) is 4.28. The second-order valence-corrected chi connectivity index (χ2v) is 7.43. The van der Waals surface area contributed by atoms with E-state index in [1.807, 2.05) is 24.0 Å². The molecule has 8 heteroatoms. The molecule has 1 aromatic rings. The van der Waals surface area contributed by atoms with Crippen molar-refractivity contribution >= 4 is 15.9 Å². The van der Waals surface area contributed by atoms with Gasteiger partial charge in [-0.05, 0) is 32.3 Å². The van der Waals surface area contributed by atoms with Crippen LogP contribution < -0.4 is 4.72 Å². The maximum Gasteiger partial charge on any atom is 0.237 e. The molecule has 0 saturated carbocycles. The molecule has 0 spiro atoms. The lowest BCUT2D eigenvalue weighted by Crippen LogP contribution is -2.44. The number of likely N-dealkylation sites (tertiary alicyclic amines) is 1. The van der Waals surface area contributed by atoms with Crippen LogP contribution in [-0.2, 0) is 14.8 Å². The number of nitrogens with one attached hydrogen (secondary N) is 1. The van der Waals surface area contributed by atoms with E-state index < -0.39 is 10.0 Å². The van der Waals surface area contributed by atoms with Crippen LogP contribution in [0.5, 0.6) is 0 Å². The molecule has 0 unspecified atom stereocenters. The molecule has 0 aliphatic carbocycles. The van der Waals surface area contributed by atoms with Gasteiger partial charge in [-0.25, -0.2) is 13.1 Å². The second kappa shape index (κ2) is 6.57. The van der Waals surface area contributed by atoms with E-state index in [4.69, 9.17) is 0 Å². The number of aromatic nitrogens is 2. The van der Waals surface area contributed by atoms with Gasteiger partial charge in [-0.3, -0.25) is 9.48 Å². The second-order valence-electron chi connectivity index (χ2n) is 5.33. The summed E-state index contributed by atoms with van der Waals surface area (Å²) < 4.78 is 26.9. The van der Waals surface area contributed by atoms with Crippen LogP contribution in [0.3, 0.4) is 0 Å². The predicted molar refractivity (Wildman–Crippen MR) is 79.3 cm³/mol. The Kier molecular flexibility index (Phi) is 5.00. The molecule has 0 atom stereocenters. The smallest absolute Gasteiger partial charge is 0.237 e. The summed E-state index contributed by atoms with van der Waals surface area (Å²) in [6, 6.07) is 0.315. The van der Waals surface area contributed by atoms with Gasteiger partial charge in [0.2, 0.25) is 15.9 Å². The van der Waals surface area contributed by atoms with Gasteiger partial charge in [0.1, 0.15) is 0 Å². The van der Waals surface area contributed by atoms with Crippen LogP contribution in [0.1, 0.15) is 31.4 Å². The highest BCUT2D eigenvalue weighted by Gasteiger charge is 2.24. The third-order valence-electron chi connectivity index (χ3n) is 3.75. The average molecular weight is 314 g/mol. The highest BCUT2D eigenvalue weighted by molar-refractivity contribution is 7.89. The van der Waals surface area contributed by atoms with Crippen molar-refractivity contribution in [3.63, 3.8) is 0 Å².